The summed E-state index contributed by atoms with van der Waals surface area (Å²) in [6.45, 7) is 1.98. The Kier molecular flexibility index (Phi) is 4.35. The zero-order chi connectivity index (χ0) is 13.7. The highest BCUT2D eigenvalue weighted by atomic mass is 32.2. The molecule has 2 rings (SSSR count). The van der Waals surface area contributed by atoms with Crippen molar-refractivity contribution in [2.45, 2.75) is 12.1 Å². The van der Waals surface area contributed by atoms with E-state index in [1.807, 2.05) is 31.2 Å². The number of anilines is 1. The van der Waals surface area contributed by atoms with Crippen molar-refractivity contribution in [3.05, 3.63) is 52.4 Å². The summed E-state index contributed by atoms with van der Waals surface area (Å²) in [4.78, 5) is 29.3. The van der Waals surface area contributed by atoms with Crippen molar-refractivity contribution in [2.24, 2.45) is 0 Å². The number of H-pyrrole nitrogens is 1. The molecule has 0 spiro atoms. The molecule has 1 aromatic carbocycles. The molecule has 1 heterocycles. The number of hydrogen-bond donors (Lipinski definition) is 2. The molecule has 98 valence electrons. The number of benzene rings is 1. The number of aromatic nitrogens is 2. The van der Waals surface area contributed by atoms with E-state index in [1.165, 1.54) is 24.0 Å². The Morgan fingerprint density at radius 1 is 1.32 bits per heavy atom. The van der Waals surface area contributed by atoms with Crippen LogP contribution in [0.15, 0.2) is 46.5 Å². The van der Waals surface area contributed by atoms with E-state index in [4.69, 9.17) is 0 Å². The summed E-state index contributed by atoms with van der Waals surface area (Å²) in [5.74, 6) is 0.0567. The van der Waals surface area contributed by atoms with Crippen LogP contribution in [0.2, 0.25) is 0 Å². The first kappa shape index (κ1) is 13.4. The van der Waals surface area contributed by atoms with Crippen molar-refractivity contribution in [3.63, 3.8) is 0 Å². The lowest BCUT2D eigenvalue weighted by Crippen LogP contribution is -2.15. The van der Waals surface area contributed by atoms with Crippen molar-refractivity contribution in [2.75, 3.05) is 11.1 Å². The number of carbonyl (C=O) groups excluding carboxylic acids is 1. The highest BCUT2D eigenvalue weighted by Gasteiger charge is 2.04. The predicted octanol–water partition coefficient (Wildman–Crippen LogP) is 1.81. The summed E-state index contributed by atoms with van der Waals surface area (Å²) in [6, 6.07) is 8.88. The lowest BCUT2D eigenvalue weighted by Gasteiger charge is -2.04. The lowest BCUT2D eigenvalue weighted by molar-refractivity contribution is -0.113. The van der Waals surface area contributed by atoms with E-state index in [0.717, 1.165) is 11.3 Å². The molecule has 2 N–H and O–H groups in total. The van der Waals surface area contributed by atoms with Crippen LogP contribution >= 0.6 is 11.8 Å². The van der Waals surface area contributed by atoms with Crippen LogP contribution in [0.5, 0.6) is 0 Å². The molecule has 0 radical (unpaired) electrons. The fourth-order valence-electron chi connectivity index (χ4n) is 1.39. The highest BCUT2D eigenvalue weighted by Crippen LogP contribution is 2.12. The van der Waals surface area contributed by atoms with Gasteiger partial charge in [-0.25, -0.2) is 4.98 Å². The van der Waals surface area contributed by atoms with E-state index in [2.05, 4.69) is 15.3 Å². The van der Waals surface area contributed by atoms with Gasteiger partial charge in [-0.1, -0.05) is 29.5 Å². The number of amides is 1. The Bertz CT molecular complexity index is 622. The number of nitrogens with one attached hydrogen (secondary N) is 2. The van der Waals surface area contributed by atoms with Gasteiger partial charge in [0.25, 0.3) is 5.56 Å². The number of aromatic amines is 1. The average molecular weight is 275 g/mol. The number of rotatable bonds is 4. The predicted molar refractivity (Wildman–Crippen MR) is 75.4 cm³/mol. The molecule has 5 nitrogen and oxygen atoms in total. The standard InChI is InChI=1S/C13H13N3O2S/c1-9-2-4-10(5-3-9)15-12(18)8-19-13-14-7-6-11(17)16-13/h2-7H,8H2,1H3,(H,15,18)(H,14,16,17). The third-order valence-electron chi connectivity index (χ3n) is 2.32. The molecule has 0 saturated heterocycles. The number of hydrogen-bond acceptors (Lipinski definition) is 4. The maximum atomic E-state index is 11.7. The first-order valence-electron chi connectivity index (χ1n) is 5.68. The molecule has 2 aromatic rings. The normalized spacial score (nSPS) is 10.2. The van der Waals surface area contributed by atoms with Crippen molar-refractivity contribution in [1.82, 2.24) is 9.97 Å². The zero-order valence-corrected chi connectivity index (χ0v) is 11.2. The van der Waals surface area contributed by atoms with Crippen molar-refractivity contribution in [1.29, 1.82) is 0 Å². The molecular formula is C13H13N3O2S. The van der Waals surface area contributed by atoms with Crippen LogP contribution in [0.25, 0.3) is 0 Å². The number of nitrogens with zero attached hydrogens (tertiary/aromatic N) is 1. The van der Waals surface area contributed by atoms with Crippen molar-refractivity contribution in [3.8, 4) is 0 Å². The second-order valence-corrected chi connectivity index (χ2v) is 4.91. The molecule has 0 unspecified atom stereocenters. The van der Waals surface area contributed by atoms with Gasteiger partial charge in [0.1, 0.15) is 0 Å². The first-order valence-corrected chi connectivity index (χ1v) is 6.67. The van der Waals surface area contributed by atoms with Crippen LogP contribution in [0.3, 0.4) is 0 Å². The molecule has 0 fully saturated rings. The van der Waals surface area contributed by atoms with Gasteiger partial charge in [0.2, 0.25) is 5.91 Å². The van der Waals surface area contributed by atoms with Gasteiger partial charge >= 0.3 is 0 Å². The Morgan fingerprint density at radius 2 is 2.05 bits per heavy atom. The molecule has 1 amide bonds. The topological polar surface area (TPSA) is 74.8 Å². The SMILES string of the molecule is Cc1ccc(NC(=O)CSc2nccc(=O)[nH]2)cc1. The third kappa shape index (κ3) is 4.26. The second-order valence-electron chi connectivity index (χ2n) is 3.94. The molecule has 0 aliphatic rings. The van der Waals surface area contributed by atoms with Crippen LogP contribution < -0.4 is 10.9 Å². The monoisotopic (exact) mass is 275 g/mol. The van der Waals surface area contributed by atoms with Crippen LogP contribution in [0.1, 0.15) is 5.56 Å². The van der Waals surface area contributed by atoms with Crippen LogP contribution in [-0.2, 0) is 4.79 Å². The largest absolute Gasteiger partial charge is 0.325 e. The molecule has 1 aromatic heterocycles. The van der Waals surface area contributed by atoms with Crippen LogP contribution in [0, 0.1) is 6.92 Å². The van der Waals surface area contributed by atoms with Gasteiger partial charge in [0, 0.05) is 18.0 Å². The van der Waals surface area contributed by atoms with Gasteiger partial charge in [-0.05, 0) is 19.1 Å². The van der Waals surface area contributed by atoms with E-state index >= 15 is 0 Å². The minimum Gasteiger partial charge on any atom is -0.325 e. The average Bonchev–Trinajstić information content (AvgIpc) is 2.39. The number of aryl methyl sites for hydroxylation is 1. The Hall–Kier alpha value is -2.08. The zero-order valence-electron chi connectivity index (χ0n) is 10.3. The molecule has 0 aliphatic heterocycles. The molecule has 0 atom stereocenters. The molecule has 0 saturated carbocycles. The van der Waals surface area contributed by atoms with E-state index in [0.29, 0.717) is 5.16 Å². The Morgan fingerprint density at radius 3 is 2.74 bits per heavy atom. The van der Waals surface area contributed by atoms with Crippen molar-refractivity contribution < 1.29 is 4.79 Å². The molecule has 0 aliphatic carbocycles. The smallest absolute Gasteiger partial charge is 0.251 e. The second kappa shape index (κ2) is 6.19. The van der Waals surface area contributed by atoms with E-state index in [9.17, 15) is 9.59 Å². The lowest BCUT2D eigenvalue weighted by atomic mass is 10.2. The van der Waals surface area contributed by atoms with Gasteiger partial charge in [0.15, 0.2) is 5.16 Å². The fraction of sp³-hybridized carbons (Fsp3) is 0.154. The van der Waals surface area contributed by atoms with E-state index in [-0.39, 0.29) is 17.2 Å². The summed E-state index contributed by atoms with van der Waals surface area (Å²) < 4.78 is 0. The van der Waals surface area contributed by atoms with Gasteiger partial charge in [0.05, 0.1) is 5.75 Å². The quantitative estimate of drug-likeness (QED) is 0.659. The number of carbonyl (C=O) groups is 1. The summed E-state index contributed by atoms with van der Waals surface area (Å²) in [6.07, 6.45) is 1.42. The molecular weight excluding hydrogens is 262 g/mol. The number of thioether (sulfide) groups is 1. The van der Waals surface area contributed by atoms with Gasteiger partial charge < -0.3 is 10.3 Å². The highest BCUT2D eigenvalue weighted by molar-refractivity contribution is 7.99. The molecule has 0 bridgehead atoms. The maximum absolute atomic E-state index is 11.7. The van der Waals surface area contributed by atoms with Crippen molar-refractivity contribution >= 4 is 23.4 Å². The summed E-state index contributed by atoms with van der Waals surface area (Å²) >= 11 is 1.19. The third-order valence-corrected chi connectivity index (χ3v) is 3.21. The summed E-state index contributed by atoms with van der Waals surface area (Å²) in [7, 11) is 0. The fourth-order valence-corrected chi connectivity index (χ4v) is 2.04. The van der Waals surface area contributed by atoms with Gasteiger partial charge in [-0.3, -0.25) is 9.59 Å². The molecule has 19 heavy (non-hydrogen) atoms. The Balaban J connectivity index is 1.88. The minimum absolute atomic E-state index is 0.139. The van der Waals surface area contributed by atoms with Crippen LogP contribution in [0.4, 0.5) is 5.69 Å². The van der Waals surface area contributed by atoms with E-state index < -0.39 is 0 Å². The summed E-state index contributed by atoms with van der Waals surface area (Å²) in [5.41, 5.74) is 1.67. The van der Waals surface area contributed by atoms with Gasteiger partial charge in [-0.15, -0.1) is 0 Å². The van der Waals surface area contributed by atoms with Crippen LogP contribution in [-0.4, -0.2) is 21.6 Å². The Labute approximate surface area is 114 Å². The minimum atomic E-state index is -0.226. The maximum Gasteiger partial charge on any atom is 0.251 e. The molecule has 6 heteroatoms. The van der Waals surface area contributed by atoms with Gasteiger partial charge in [-0.2, -0.15) is 0 Å². The first-order chi connectivity index (χ1) is 9.13. The summed E-state index contributed by atoms with van der Waals surface area (Å²) in [5, 5.41) is 3.21. The van der Waals surface area contributed by atoms with E-state index in [1.54, 1.807) is 0 Å².